The molecule has 0 radical (unpaired) electrons. The van der Waals surface area contributed by atoms with Crippen molar-refractivity contribution in [3.63, 3.8) is 0 Å². The lowest BCUT2D eigenvalue weighted by Crippen LogP contribution is -2.29. The molecule has 1 amide bonds. The molecule has 1 N–H and O–H groups in total. The molecule has 0 saturated heterocycles. The van der Waals surface area contributed by atoms with Gasteiger partial charge in [-0.15, -0.1) is 0 Å². The molecule has 0 fully saturated rings. The fourth-order valence-corrected chi connectivity index (χ4v) is 1.34. The fraction of sp³-hybridized carbons (Fsp3) is 0.300. The SMILES string of the molecule is CC(Br)CNC(=O)c1cc(F)c(Cl)cc1F. The minimum Gasteiger partial charge on any atom is -0.351 e. The molecule has 88 valence electrons. The second kappa shape index (κ2) is 5.59. The Labute approximate surface area is 105 Å². The van der Waals surface area contributed by atoms with E-state index in [1.165, 1.54) is 0 Å². The number of nitrogens with one attached hydrogen (secondary N) is 1. The zero-order valence-electron chi connectivity index (χ0n) is 8.36. The Bertz CT molecular complexity index is 412. The summed E-state index contributed by atoms with van der Waals surface area (Å²) in [6, 6.07) is 1.56. The molecule has 1 aromatic rings. The minimum absolute atomic E-state index is 0.0525. The van der Waals surface area contributed by atoms with Crippen LogP contribution in [0.2, 0.25) is 5.02 Å². The van der Waals surface area contributed by atoms with Gasteiger partial charge in [0.15, 0.2) is 0 Å². The number of carbonyl (C=O) groups excluding carboxylic acids is 1. The number of rotatable bonds is 3. The Morgan fingerprint density at radius 1 is 1.50 bits per heavy atom. The van der Waals surface area contributed by atoms with Crippen LogP contribution < -0.4 is 5.32 Å². The zero-order chi connectivity index (χ0) is 12.3. The van der Waals surface area contributed by atoms with Crippen LogP contribution in [0.1, 0.15) is 17.3 Å². The van der Waals surface area contributed by atoms with Crippen LogP contribution in [-0.2, 0) is 0 Å². The van der Waals surface area contributed by atoms with Crippen molar-refractivity contribution in [3.05, 3.63) is 34.4 Å². The third-order valence-electron chi connectivity index (χ3n) is 1.80. The van der Waals surface area contributed by atoms with Gasteiger partial charge in [-0.1, -0.05) is 34.5 Å². The summed E-state index contributed by atoms with van der Waals surface area (Å²) in [5, 5.41) is 2.11. The van der Waals surface area contributed by atoms with E-state index in [2.05, 4.69) is 21.2 Å². The number of alkyl halides is 1. The van der Waals surface area contributed by atoms with Crippen molar-refractivity contribution in [1.29, 1.82) is 0 Å². The molecule has 0 bridgehead atoms. The molecule has 16 heavy (non-hydrogen) atoms. The molecule has 6 heteroatoms. The van der Waals surface area contributed by atoms with Gasteiger partial charge < -0.3 is 5.32 Å². The molecule has 0 aromatic heterocycles. The largest absolute Gasteiger partial charge is 0.351 e. The van der Waals surface area contributed by atoms with E-state index in [0.717, 1.165) is 12.1 Å². The van der Waals surface area contributed by atoms with E-state index < -0.39 is 17.5 Å². The quantitative estimate of drug-likeness (QED) is 0.674. The van der Waals surface area contributed by atoms with Crippen molar-refractivity contribution in [1.82, 2.24) is 5.32 Å². The summed E-state index contributed by atoms with van der Waals surface area (Å²) in [6.07, 6.45) is 0. The molecule has 0 aliphatic carbocycles. The zero-order valence-corrected chi connectivity index (χ0v) is 10.7. The van der Waals surface area contributed by atoms with Gasteiger partial charge >= 0.3 is 0 Å². The van der Waals surface area contributed by atoms with Crippen LogP contribution in [0.15, 0.2) is 12.1 Å². The van der Waals surface area contributed by atoms with Crippen molar-refractivity contribution in [2.75, 3.05) is 6.54 Å². The number of amides is 1. The molecule has 1 atom stereocenters. The molecule has 2 nitrogen and oxygen atoms in total. The number of hydrogen-bond donors (Lipinski definition) is 1. The average Bonchev–Trinajstić information content (AvgIpc) is 2.20. The second-order valence-electron chi connectivity index (χ2n) is 3.24. The number of halogens is 4. The van der Waals surface area contributed by atoms with Gasteiger partial charge in [0.05, 0.1) is 10.6 Å². The van der Waals surface area contributed by atoms with Gasteiger partial charge in [-0.3, -0.25) is 4.79 Å². The molecular weight excluding hydrogens is 303 g/mol. The Morgan fingerprint density at radius 3 is 2.69 bits per heavy atom. The third-order valence-corrected chi connectivity index (χ3v) is 2.41. The van der Waals surface area contributed by atoms with Crippen molar-refractivity contribution >= 4 is 33.4 Å². The number of benzene rings is 1. The van der Waals surface area contributed by atoms with Crippen molar-refractivity contribution < 1.29 is 13.6 Å². The molecule has 1 aromatic carbocycles. The Morgan fingerprint density at radius 2 is 2.12 bits per heavy atom. The lowest BCUT2D eigenvalue weighted by Gasteiger charge is -2.07. The fourth-order valence-electron chi connectivity index (χ4n) is 1.03. The summed E-state index contributed by atoms with van der Waals surface area (Å²) in [5.41, 5.74) is -0.352. The number of hydrogen-bond acceptors (Lipinski definition) is 1. The normalized spacial score (nSPS) is 12.3. The topological polar surface area (TPSA) is 29.1 Å². The highest BCUT2D eigenvalue weighted by atomic mass is 79.9. The molecule has 0 aliphatic rings. The highest BCUT2D eigenvalue weighted by Crippen LogP contribution is 2.19. The Balaban J connectivity index is 2.87. The monoisotopic (exact) mass is 311 g/mol. The summed E-state index contributed by atoms with van der Waals surface area (Å²) < 4.78 is 26.3. The lowest BCUT2D eigenvalue weighted by atomic mass is 10.2. The van der Waals surface area contributed by atoms with Crippen LogP contribution in [0.25, 0.3) is 0 Å². The van der Waals surface area contributed by atoms with Crippen molar-refractivity contribution in [2.45, 2.75) is 11.8 Å². The van der Waals surface area contributed by atoms with Crippen molar-refractivity contribution in [2.24, 2.45) is 0 Å². The molecular formula is C10H9BrClF2NO. The summed E-state index contributed by atoms with van der Waals surface area (Å²) in [5.74, 6) is -2.33. The van der Waals surface area contributed by atoms with Crippen LogP contribution in [0.3, 0.4) is 0 Å². The van der Waals surface area contributed by atoms with E-state index in [1.807, 2.05) is 6.92 Å². The van der Waals surface area contributed by atoms with Gasteiger partial charge in [-0.25, -0.2) is 8.78 Å². The van der Waals surface area contributed by atoms with Crippen LogP contribution in [-0.4, -0.2) is 17.3 Å². The van der Waals surface area contributed by atoms with Gasteiger partial charge in [0.1, 0.15) is 11.6 Å². The average molecular weight is 313 g/mol. The molecule has 0 aliphatic heterocycles. The van der Waals surface area contributed by atoms with Crippen molar-refractivity contribution in [3.8, 4) is 0 Å². The van der Waals surface area contributed by atoms with E-state index in [-0.39, 0.29) is 15.4 Å². The third kappa shape index (κ3) is 3.42. The van der Waals surface area contributed by atoms with Gasteiger partial charge in [-0.2, -0.15) is 0 Å². The van der Waals surface area contributed by atoms with E-state index >= 15 is 0 Å². The van der Waals surface area contributed by atoms with Gasteiger partial charge in [0.2, 0.25) is 0 Å². The smallest absolute Gasteiger partial charge is 0.254 e. The van der Waals surface area contributed by atoms with E-state index in [4.69, 9.17) is 11.6 Å². The summed E-state index contributed by atoms with van der Waals surface area (Å²) >= 11 is 8.58. The highest BCUT2D eigenvalue weighted by molar-refractivity contribution is 9.09. The second-order valence-corrected chi connectivity index (χ2v) is 5.21. The van der Waals surface area contributed by atoms with Crippen LogP contribution in [0.5, 0.6) is 0 Å². The Kier molecular flexibility index (Phi) is 4.68. The molecule has 0 heterocycles. The first kappa shape index (κ1) is 13.4. The maximum atomic E-state index is 13.3. The molecule has 1 unspecified atom stereocenters. The maximum Gasteiger partial charge on any atom is 0.254 e. The van der Waals surface area contributed by atoms with E-state index in [1.54, 1.807) is 0 Å². The van der Waals surface area contributed by atoms with E-state index in [9.17, 15) is 13.6 Å². The highest BCUT2D eigenvalue weighted by Gasteiger charge is 2.15. The van der Waals surface area contributed by atoms with Gasteiger partial charge in [0.25, 0.3) is 5.91 Å². The standard InChI is InChI=1S/C10H9BrClF2NO/c1-5(11)4-15-10(16)6-2-9(14)7(12)3-8(6)13/h2-3,5H,4H2,1H3,(H,15,16). The predicted octanol–water partition coefficient (Wildman–Crippen LogP) is 3.13. The lowest BCUT2D eigenvalue weighted by molar-refractivity contribution is 0.0950. The van der Waals surface area contributed by atoms with Crippen LogP contribution >= 0.6 is 27.5 Å². The summed E-state index contributed by atoms with van der Waals surface area (Å²) in [7, 11) is 0. The first-order valence-electron chi connectivity index (χ1n) is 4.48. The van der Waals surface area contributed by atoms with Crippen LogP contribution in [0, 0.1) is 11.6 Å². The minimum atomic E-state index is -0.842. The first-order chi connectivity index (χ1) is 7.41. The van der Waals surface area contributed by atoms with Crippen LogP contribution in [0.4, 0.5) is 8.78 Å². The summed E-state index contributed by atoms with van der Waals surface area (Å²) in [6.45, 7) is 2.14. The van der Waals surface area contributed by atoms with Gasteiger partial charge in [0, 0.05) is 11.4 Å². The molecule has 1 rings (SSSR count). The maximum absolute atomic E-state index is 13.3. The molecule has 0 spiro atoms. The van der Waals surface area contributed by atoms with E-state index in [0.29, 0.717) is 6.54 Å². The number of carbonyl (C=O) groups is 1. The van der Waals surface area contributed by atoms with Gasteiger partial charge in [-0.05, 0) is 12.1 Å². The molecule has 0 saturated carbocycles. The Hall–Kier alpha value is -0.680. The summed E-state index contributed by atoms with van der Waals surface area (Å²) in [4.78, 5) is 11.5. The predicted molar refractivity (Wildman–Crippen MR) is 62.1 cm³/mol. The first-order valence-corrected chi connectivity index (χ1v) is 5.78.